The molecule has 7 heteroatoms. The van der Waals surface area contributed by atoms with Gasteiger partial charge in [0.1, 0.15) is 0 Å². The van der Waals surface area contributed by atoms with E-state index in [1.807, 2.05) is 32.0 Å². The van der Waals surface area contributed by atoms with Gasteiger partial charge in [-0.15, -0.1) is 0 Å². The highest BCUT2D eigenvalue weighted by atomic mass is 16.5. The van der Waals surface area contributed by atoms with Crippen LogP contribution in [0.5, 0.6) is 0 Å². The molecule has 1 saturated heterocycles. The highest BCUT2D eigenvalue weighted by Gasteiger charge is 2.24. The fourth-order valence-electron chi connectivity index (χ4n) is 2.95. The molecular weight excluding hydrogens is 322 g/mol. The topological polar surface area (TPSA) is 87.7 Å². The molecule has 1 aromatic rings. The van der Waals surface area contributed by atoms with Crippen molar-refractivity contribution < 1.29 is 19.1 Å². The van der Waals surface area contributed by atoms with Crippen LogP contribution in [0.2, 0.25) is 0 Å². The molecule has 136 valence electrons. The molecule has 2 N–H and O–H groups in total. The van der Waals surface area contributed by atoms with Crippen LogP contribution in [0, 0.1) is 19.8 Å². The SMILES string of the molecule is COC(=O)N1CCC(CNC(=O)C(=O)Nc2c(C)cccc2C)CC1. The maximum absolute atomic E-state index is 12.1. The number of carbonyl (C=O) groups is 3. The second-order valence-electron chi connectivity index (χ2n) is 6.33. The lowest BCUT2D eigenvalue weighted by Gasteiger charge is -2.30. The summed E-state index contributed by atoms with van der Waals surface area (Å²) in [6.45, 7) is 5.39. The number of amides is 3. The Bertz CT molecular complexity index is 631. The van der Waals surface area contributed by atoms with E-state index < -0.39 is 11.8 Å². The van der Waals surface area contributed by atoms with E-state index in [-0.39, 0.29) is 12.0 Å². The van der Waals surface area contributed by atoms with Crippen molar-refractivity contribution in [2.24, 2.45) is 5.92 Å². The number of carbonyl (C=O) groups excluding carboxylic acids is 3. The van der Waals surface area contributed by atoms with E-state index in [0.29, 0.717) is 25.3 Å². The Kier molecular flexibility index (Phi) is 6.38. The van der Waals surface area contributed by atoms with Crippen LogP contribution in [0.25, 0.3) is 0 Å². The number of nitrogens with one attached hydrogen (secondary N) is 2. The molecule has 0 aliphatic carbocycles. The molecule has 0 spiro atoms. The molecule has 0 atom stereocenters. The predicted molar refractivity (Wildman–Crippen MR) is 94.3 cm³/mol. The second-order valence-corrected chi connectivity index (χ2v) is 6.33. The van der Waals surface area contributed by atoms with E-state index in [4.69, 9.17) is 4.74 Å². The van der Waals surface area contributed by atoms with Gasteiger partial charge in [0.15, 0.2) is 0 Å². The molecule has 1 heterocycles. The summed E-state index contributed by atoms with van der Waals surface area (Å²) < 4.78 is 4.69. The van der Waals surface area contributed by atoms with Crippen LogP contribution in [0.4, 0.5) is 10.5 Å². The van der Waals surface area contributed by atoms with E-state index in [0.717, 1.165) is 24.0 Å². The second kappa shape index (κ2) is 8.50. The minimum absolute atomic E-state index is 0.248. The number of rotatable bonds is 3. The number of anilines is 1. The lowest BCUT2D eigenvalue weighted by molar-refractivity contribution is -0.136. The van der Waals surface area contributed by atoms with Crippen molar-refractivity contribution in [3.8, 4) is 0 Å². The number of nitrogens with zero attached hydrogens (tertiary/aromatic N) is 1. The van der Waals surface area contributed by atoms with Crippen LogP contribution in [-0.2, 0) is 14.3 Å². The quantitative estimate of drug-likeness (QED) is 0.817. The molecule has 0 bridgehead atoms. The Labute approximate surface area is 147 Å². The smallest absolute Gasteiger partial charge is 0.409 e. The van der Waals surface area contributed by atoms with Crippen molar-refractivity contribution in [1.29, 1.82) is 0 Å². The summed E-state index contributed by atoms with van der Waals surface area (Å²) in [7, 11) is 1.36. The van der Waals surface area contributed by atoms with Crippen LogP contribution in [0.3, 0.4) is 0 Å². The van der Waals surface area contributed by atoms with E-state index in [9.17, 15) is 14.4 Å². The fraction of sp³-hybridized carbons (Fsp3) is 0.500. The normalized spacial score (nSPS) is 14.8. The zero-order valence-corrected chi connectivity index (χ0v) is 14.9. The van der Waals surface area contributed by atoms with E-state index in [1.165, 1.54) is 7.11 Å². The maximum Gasteiger partial charge on any atom is 0.409 e. The zero-order chi connectivity index (χ0) is 18.4. The summed E-state index contributed by atoms with van der Waals surface area (Å²) in [5.74, 6) is -1.06. The van der Waals surface area contributed by atoms with Crippen molar-refractivity contribution >= 4 is 23.6 Å². The third kappa shape index (κ3) is 4.95. The highest BCUT2D eigenvalue weighted by molar-refractivity contribution is 6.39. The van der Waals surface area contributed by atoms with Crippen LogP contribution in [0.15, 0.2) is 18.2 Å². The summed E-state index contributed by atoms with van der Waals surface area (Å²) in [6.07, 6.45) is 1.22. The molecule has 7 nitrogen and oxygen atoms in total. The number of aryl methyl sites for hydroxylation is 2. The Hall–Kier alpha value is -2.57. The fourth-order valence-corrected chi connectivity index (χ4v) is 2.95. The molecule has 2 rings (SSSR count). The maximum atomic E-state index is 12.1. The number of hydrogen-bond donors (Lipinski definition) is 2. The Morgan fingerprint density at radius 2 is 1.72 bits per heavy atom. The molecule has 1 fully saturated rings. The van der Waals surface area contributed by atoms with Gasteiger partial charge in [0.2, 0.25) is 0 Å². The Balaban J connectivity index is 1.79. The molecule has 1 aromatic carbocycles. The molecule has 0 unspecified atom stereocenters. The molecule has 0 radical (unpaired) electrons. The lowest BCUT2D eigenvalue weighted by Crippen LogP contribution is -2.43. The summed E-state index contributed by atoms with van der Waals surface area (Å²) in [6, 6.07) is 5.67. The Morgan fingerprint density at radius 3 is 2.28 bits per heavy atom. The average molecular weight is 347 g/mol. The summed E-state index contributed by atoms with van der Waals surface area (Å²) >= 11 is 0. The van der Waals surface area contributed by atoms with Gasteiger partial charge in [0.25, 0.3) is 0 Å². The number of piperidine rings is 1. The summed E-state index contributed by atoms with van der Waals surface area (Å²) in [4.78, 5) is 37.2. The summed E-state index contributed by atoms with van der Waals surface area (Å²) in [5, 5.41) is 5.36. The molecule has 3 amide bonds. The Morgan fingerprint density at radius 1 is 1.12 bits per heavy atom. The standard InChI is InChI=1S/C18H25N3O4/c1-12-5-4-6-13(2)15(12)20-17(23)16(22)19-11-14-7-9-21(10-8-14)18(24)25-3/h4-6,14H,7-11H2,1-3H3,(H,19,22)(H,20,23). The first-order chi connectivity index (χ1) is 11.9. The third-order valence-corrected chi connectivity index (χ3v) is 4.52. The number of likely N-dealkylation sites (tertiary alicyclic amines) is 1. The van der Waals surface area contributed by atoms with E-state index in [1.54, 1.807) is 4.90 Å². The van der Waals surface area contributed by atoms with Crippen LogP contribution < -0.4 is 10.6 Å². The molecule has 25 heavy (non-hydrogen) atoms. The molecule has 1 aliphatic rings. The van der Waals surface area contributed by atoms with Crippen LogP contribution >= 0.6 is 0 Å². The number of benzene rings is 1. The minimum Gasteiger partial charge on any atom is -0.453 e. The largest absolute Gasteiger partial charge is 0.453 e. The molecule has 1 aliphatic heterocycles. The van der Waals surface area contributed by atoms with Gasteiger partial charge in [-0.3, -0.25) is 9.59 Å². The van der Waals surface area contributed by atoms with Gasteiger partial charge >= 0.3 is 17.9 Å². The highest BCUT2D eigenvalue weighted by Crippen LogP contribution is 2.19. The van der Waals surface area contributed by atoms with Gasteiger partial charge in [0.05, 0.1) is 7.11 Å². The van der Waals surface area contributed by atoms with Gasteiger partial charge in [-0.25, -0.2) is 4.79 Å². The first kappa shape index (κ1) is 18.8. The summed E-state index contributed by atoms with van der Waals surface area (Å²) in [5.41, 5.74) is 2.50. The van der Waals surface area contributed by atoms with Crippen molar-refractivity contribution in [1.82, 2.24) is 10.2 Å². The van der Waals surface area contributed by atoms with E-state index in [2.05, 4.69) is 10.6 Å². The van der Waals surface area contributed by atoms with Crippen molar-refractivity contribution in [3.05, 3.63) is 29.3 Å². The van der Waals surface area contributed by atoms with Crippen molar-refractivity contribution in [3.63, 3.8) is 0 Å². The van der Waals surface area contributed by atoms with Gasteiger partial charge in [-0.1, -0.05) is 18.2 Å². The number of ether oxygens (including phenoxy) is 1. The van der Waals surface area contributed by atoms with Gasteiger partial charge in [-0.05, 0) is 43.7 Å². The first-order valence-corrected chi connectivity index (χ1v) is 8.40. The third-order valence-electron chi connectivity index (χ3n) is 4.52. The average Bonchev–Trinajstić information content (AvgIpc) is 2.62. The number of methoxy groups -OCH3 is 1. The molecule has 0 saturated carbocycles. The molecule has 0 aromatic heterocycles. The monoisotopic (exact) mass is 347 g/mol. The number of hydrogen-bond acceptors (Lipinski definition) is 4. The number of para-hydroxylation sites is 1. The van der Waals surface area contributed by atoms with Crippen molar-refractivity contribution in [2.45, 2.75) is 26.7 Å². The minimum atomic E-state index is -0.663. The van der Waals surface area contributed by atoms with Gasteiger partial charge < -0.3 is 20.3 Å². The molecular formula is C18H25N3O4. The van der Waals surface area contributed by atoms with Crippen LogP contribution in [-0.4, -0.2) is 49.6 Å². The van der Waals surface area contributed by atoms with E-state index >= 15 is 0 Å². The van der Waals surface area contributed by atoms with Gasteiger partial charge in [0, 0.05) is 25.3 Å². The lowest BCUT2D eigenvalue weighted by atomic mass is 9.97. The van der Waals surface area contributed by atoms with Crippen LogP contribution in [0.1, 0.15) is 24.0 Å². The predicted octanol–water partition coefficient (Wildman–Crippen LogP) is 1.84. The first-order valence-electron chi connectivity index (χ1n) is 8.40. The van der Waals surface area contributed by atoms with Crippen molar-refractivity contribution in [2.75, 3.05) is 32.1 Å². The van der Waals surface area contributed by atoms with Gasteiger partial charge in [-0.2, -0.15) is 0 Å². The zero-order valence-electron chi connectivity index (χ0n) is 14.9.